The molecule has 0 saturated heterocycles. The Labute approximate surface area is 239 Å². The highest BCUT2D eigenvalue weighted by Gasteiger charge is 2.64. The molecular weight excluding hydrogens is 550 g/mol. The molecule has 5 rings (SSSR count). The maximum absolute atomic E-state index is 13.9. The van der Waals surface area contributed by atoms with Crippen LogP contribution in [0.1, 0.15) is 38.3 Å². The molecular formula is C29H29N3O10. The number of Topliss-reactive ketones (excluding diaryl/α,β-unsaturated/α-hetero) is 2. The van der Waals surface area contributed by atoms with Crippen LogP contribution in [-0.2, 0) is 30.4 Å². The van der Waals surface area contributed by atoms with Crippen molar-refractivity contribution in [3.63, 3.8) is 0 Å². The molecule has 3 aliphatic carbocycles. The van der Waals surface area contributed by atoms with Crippen molar-refractivity contribution in [2.45, 2.75) is 44.8 Å². The van der Waals surface area contributed by atoms with Crippen LogP contribution in [0.25, 0.3) is 17.0 Å². The number of phenols is 1. The predicted molar refractivity (Wildman–Crippen MR) is 146 cm³/mol. The van der Waals surface area contributed by atoms with Crippen LogP contribution in [0, 0.1) is 11.8 Å². The van der Waals surface area contributed by atoms with Crippen LogP contribution in [0.5, 0.6) is 5.75 Å². The Morgan fingerprint density at radius 2 is 1.79 bits per heavy atom. The fourth-order valence-corrected chi connectivity index (χ4v) is 6.01. The number of aromatic hydroxyl groups is 1. The van der Waals surface area contributed by atoms with Gasteiger partial charge in [-0.1, -0.05) is 5.16 Å². The lowest BCUT2D eigenvalue weighted by Crippen LogP contribution is -2.64. The van der Waals surface area contributed by atoms with E-state index in [0.29, 0.717) is 16.8 Å². The van der Waals surface area contributed by atoms with Gasteiger partial charge in [-0.2, -0.15) is 0 Å². The molecule has 1 fully saturated rings. The van der Waals surface area contributed by atoms with Gasteiger partial charge >= 0.3 is 6.09 Å². The number of oxime groups is 1. The third-order valence-electron chi connectivity index (χ3n) is 7.69. The summed E-state index contributed by atoms with van der Waals surface area (Å²) in [6.45, 7) is 5.16. The highest BCUT2D eigenvalue weighted by atomic mass is 16.6. The average Bonchev–Trinajstić information content (AvgIpc) is 3.37. The van der Waals surface area contributed by atoms with Crippen molar-refractivity contribution in [1.29, 1.82) is 0 Å². The quantitative estimate of drug-likeness (QED) is 0.203. The van der Waals surface area contributed by atoms with Crippen molar-refractivity contribution in [1.82, 2.24) is 4.57 Å². The molecule has 1 aromatic carbocycles. The minimum atomic E-state index is -2.94. The van der Waals surface area contributed by atoms with Crippen LogP contribution in [0.3, 0.4) is 0 Å². The molecule has 0 bridgehead atoms. The highest BCUT2D eigenvalue weighted by molar-refractivity contribution is 6.38. The van der Waals surface area contributed by atoms with E-state index >= 15 is 0 Å². The largest absolute Gasteiger partial charge is 0.507 e. The SMILES string of the molecule is CO/N=C1\C(O)=C(C(N)=O)C(=O)[C@@]2(O)C(=O)C3=C(O)c4c(O)ccc(-c5cccn5C(=O)OC(C)(C)C)c4C[C@H]3CC12. The number of hydrogen-bond acceptors (Lipinski definition) is 11. The van der Waals surface area contributed by atoms with Crippen LogP contribution in [0.4, 0.5) is 4.79 Å². The summed E-state index contributed by atoms with van der Waals surface area (Å²) in [4.78, 5) is 57.0. The number of fused-ring (bicyclic) bond motifs is 3. The van der Waals surface area contributed by atoms with Gasteiger partial charge in [0.05, 0.1) is 17.2 Å². The van der Waals surface area contributed by atoms with Gasteiger partial charge in [0, 0.05) is 17.3 Å². The number of hydrogen-bond donors (Lipinski definition) is 5. The second-order valence-electron chi connectivity index (χ2n) is 11.4. The molecule has 0 radical (unpaired) electrons. The molecule has 3 atom stereocenters. The van der Waals surface area contributed by atoms with E-state index < -0.39 is 69.4 Å². The van der Waals surface area contributed by atoms with E-state index in [0.717, 1.165) is 7.11 Å². The van der Waals surface area contributed by atoms with E-state index in [-0.39, 0.29) is 29.7 Å². The first kappa shape index (κ1) is 28.6. The summed E-state index contributed by atoms with van der Waals surface area (Å²) in [6.07, 6.45) is 0.654. The fourth-order valence-electron chi connectivity index (χ4n) is 6.01. The number of rotatable bonds is 3. The summed E-state index contributed by atoms with van der Waals surface area (Å²) >= 11 is 0. The first-order valence-corrected chi connectivity index (χ1v) is 13.0. The molecule has 220 valence electrons. The number of carbonyl (C=O) groups is 4. The zero-order valence-corrected chi connectivity index (χ0v) is 23.2. The lowest BCUT2D eigenvalue weighted by atomic mass is 9.58. The van der Waals surface area contributed by atoms with E-state index in [1.165, 1.54) is 16.8 Å². The number of ketones is 2. The topological polar surface area (TPSA) is 211 Å². The Hall–Kier alpha value is -4.91. The molecule has 1 amide bonds. The second-order valence-corrected chi connectivity index (χ2v) is 11.4. The summed E-state index contributed by atoms with van der Waals surface area (Å²) in [5.74, 6) is -8.35. The Morgan fingerprint density at radius 1 is 1.10 bits per heavy atom. The predicted octanol–water partition coefficient (Wildman–Crippen LogP) is 2.29. The maximum atomic E-state index is 13.9. The normalized spacial score (nSPS) is 24.7. The van der Waals surface area contributed by atoms with Crippen molar-refractivity contribution in [3.05, 3.63) is 58.5 Å². The van der Waals surface area contributed by atoms with Crippen molar-refractivity contribution < 1.29 is 49.2 Å². The summed E-state index contributed by atoms with van der Waals surface area (Å²) < 4.78 is 6.78. The van der Waals surface area contributed by atoms with E-state index in [9.17, 15) is 39.6 Å². The summed E-state index contributed by atoms with van der Waals surface area (Å²) in [5.41, 5.74) is 0.856. The number of aromatic nitrogens is 1. The minimum Gasteiger partial charge on any atom is -0.507 e. The van der Waals surface area contributed by atoms with Crippen LogP contribution >= 0.6 is 0 Å². The van der Waals surface area contributed by atoms with Crippen LogP contribution in [-0.4, -0.2) is 72.6 Å². The first-order chi connectivity index (χ1) is 19.6. The highest BCUT2D eigenvalue weighted by Crippen LogP contribution is 2.52. The number of primary amides is 1. The summed E-state index contributed by atoms with van der Waals surface area (Å²) in [6, 6.07) is 6.11. The number of phenolic OH excluding ortho intramolecular Hbond substituents is 1. The van der Waals surface area contributed by atoms with Crippen molar-refractivity contribution in [2.24, 2.45) is 22.7 Å². The Morgan fingerprint density at radius 3 is 2.40 bits per heavy atom. The number of benzene rings is 1. The molecule has 1 unspecified atom stereocenters. The maximum Gasteiger partial charge on any atom is 0.418 e. The van der Waals surface area contributed by atoms with Crippen LogP contribution < -0.4 is 5.73 Å². The van der Waals surface area contributed by atoms with Gasteiger partial charge in [0.15, 0.2) is 11.4 Å². The summed E-state index contributed by atoms with van der Waals surface area (Å²) in [5, 5.41) is 48.2. The van der Waals surface area contributed by atoms with Gasteiger partial charge in [0.2, 0.25) is 11.6 Å². The van der Waals surface area contributed by atoms with Gasteiger partial charge in [-0.05, 0) is 69.4 Å². The molecule has 1 saturated carbocycles. The smallest absolute Gasteiger partial charge is 0.418 e. The van der Waals surface area contributed by atoms with Gasteiger partial charge in [-0.25, -0.2) is 4.79 Å². The van der Waals surface area contributed by atoms with Gasteiger partial charge in [0.25, 0.3) is 5.91 Å². The first-order valence-electron chi connectivity index (χ1n) is 13.0. The summed E-state index contributed by atoms with van der Waals surface area (Å²) in [7, 11) is 1.13. The van der Waals surface area contributed by atoms with Gasteiger partial charge < -0.3 is 35.7 Å². The van der Waals surface area contributed by atoms with Crippen LogP contribution in [0.2, 0.25) is 0 Å². The third kappa shape index (κ3) is 4.07. The molecule has 1 aromatic heterocycles. The molecule has 3 aliphatic rings. The molecule has 0 aliphatic heterocycles. The second kappa shape index (κ2) is 9.58. The number of carbonyl (C=O) groups excluding carboxylic acids is 4. The Bertz CT molecular complexity index is 1670. The molecule has 2 aromatic rings. The Kier molecular flexibility index (Phi) is 6.53. The number of allylic oxidation sites excluding steroid dienone is 1. The molecule has 6 N–H and O–H groups in total. The van der Waals surface area contributed by atoms with Gasteiger partial charge in [0.1, 0.15) is 35.5 Å². The molecule has 13 nitrogen and oxygen atoms in total. The fraction of sp³-hybridized carbons (Fsp3) is 0.345. The number of amides is 1. The zero-order chi connectivity index (χ0) is 30.9. The average molecular weight is 580 g/mol. The lowest BCUT2D eigenvalue weighted by molar-refractivity contribution is -0.153. The third-order valence-corrected chi connectivity index (χ3v) is 7.69. The lowest BCUT2D eigenvalue weighted by Gasteiger charge is -2.45. The van der Waals surface area contributed by atoms with Crippen molar-refractivity contribution in [2.75, 3.05) is 7.11 Å². The monoisotopic (exact) mass is 579 g/mol. The van der Waals surface area contributed by atoms with Crippen LogP contribution in [0.15, 0.2) is 52.5 Å². The number of nitrogens with two attached hydrogens (primary N) is 1. The van der Waals surface area contributed by atoms with E-state index in [2.05, 4.69) is 5.16 Å². The number of ether oxygens (including phenoxy) is 1. The number of aliphatic hydroxyl groups excluding tert-OH is 2. The van der Waals surface area contributed by atoms with E-state index in [1.807, 2.05) is 0 Å². The van der Waals surface area contributed by atoms with Crippen molar-refractivity contribution >= 4 is 35.0 Å². The zero-order valence-electron chi connectivity index (χ0n) is 23.2. The van der Waals surface area contributed by atoms with Gasteiger partial charge in [-0.15, -0.1) is 0 Å². The van der Waals surface area contributed by atoms with E-state index in [4.69, 9.17) is 15.3 Å². The molecule has 1 heterocycles. The standard InChI is InChI=1S/C29H29N3O10/c1-28(2,3)42-27(39)32-9-5-6-16(32)13-7-8-17(33)19-14(13)10-12-11-15-21(31-41-4)23(35)20(26(30)38)25(37)29(15,40)24(36)18(12)22(19)34/h5-9,12,15,33-35,40H,10-11H2,1-4H3,(H2,30,38)/b31-21-/t12-,15?,29-/m0/s1. The number of nitrogens with zero attached hydrogens (tertiary/aromatic N) is 2. The Balaban J connectivity index is 1.69. The molecule has 0 spiro atoms. The van der Waals surface area contributed by atoms with Crippen molar-refractivity contribution in [3.8, 4) is 17.0 Å². The molecule has 13 heteroatoms. The van der Waals surface area contributed by atoms with E-state index in [1.54, 1.807) is 39.0 Å². The number of aliphatic hydroxyl groups is 3. The minimum absolute atomic E-state index is 0.0118. The van der Waals surface area contributed by atoms with Gasteiger partial charge in [-0.3, -0.25) is 19.0 Å². The molecule has 42 heavy (non-hydrogen) atoms.